The molecule has 2 aromatic heterocycles. The van der Waals surface area contributed by atoms with Gasteiger partial charge in [0.05, 0.1) is 23.9 Å². The van der Waals surface area contributed by atoms with Gasteiger partial charge in [0.2, 0.25) is 11.9 Å². The molecule has 1 aliphatic heterocycles. The SMILES string of the molecule is NC(=O)Cc1cccnc1CCc1nc(Nc2ccc(C3CCN(BC=O)CC3)cc2)ncc1C(F)(F)F. The van der Waals surface area contributed by atoms with E-state index in [0.717, 1.165) is 38.3 Å². The normalized spacial score (nSPS) is 14.7. The maximum atomic E-state index is 13.7. The van der Waals surface area contributed by atoms with Crippen molar-refractivity contribution in [3.05, 3.63) is 76.9 Å². The molecule has 3 aromatic rings. The molecule has 1 aromatic carbocycles. The van der Waals surface area contributed by atoms with E-state index in [4.69, 9.17) is 5.73 Å². The van der Waals surface area contributed by atoms with Crippen LogP contribution in [0.25, 0.3) is 0 Å². The minimum Gasteiger partial charge on any atom is -0.369 e. The third-order valence-electron chi connectivity index (χ3n) is 6.68. The standard InChI is InChI=1S/C26H28BF3N6O2/c28-26(29,30)21-15-33-25(35-23(21)8-7-22-19(14-24(31)38)2-1-11-32-22)34-20-5-3-17(4-6-20)18-9-12-36(13-10-18)27-16-37/h1-6,11,15-16,18,27H,7-10,12-14H2,(H2,31,38)(H,33,34,35). The topological polar surface area (TPSA) is 114 Å². The van der Waals surface area contributed by atoms with Gasteiger partial charge in [-0.2, -0.15) is 13.2 Å². The summed E-state index contributed by atoms with van der Waals surface area (Å²) < 4.78 is 41.0. The number of hydrogen-bond donors (Lipinski definition) is 2. The molecule has 3 heterocycles. The number of piperidine rings is 1. The maximum Gasteiger partial charge on any atom is 0.419 e. The summed E-state index contributed by atoms with van der Waals surface area (Å²) in [7, 11) is 0.459. The van der Waals surface area contributed by atoms with Crippen LogP contribution in [-0.4, -0.2) is 52.4 Å². The zero-order valence-corrected chi connectivity index (χ0v) is 20.7. The quantitative estimate of drug-likeness (QED) is 0.309. The Balaban J connectivity index is 1.47. The van der Waals surface area contributed by atoms with Crippen LogP contribution in [-0.2, 0) is 35.0 Å². The summed E-state index contributed by atoms with van der Waals surface area (Å²) >= 11 is 0. The highest BCUT2D eigenvalue weighted by molar-refractivity contribution is 6.64. The van der Waals surface area contributed by atoms with E-state index in [1.165, 1.54) is 11.8 Å². The molecule has 1 aliphatic rings. The van der Waals surface area contributed by atoms with E-state index in [2.05, 4.69) is 25.1 Å². The Hall–Kier alpha value is -3.80. The van der Waals surface area contributed by atoms with Gasteiger partial charge in [-0.1, -0.05) is 18.2 Å². The second kappa shape index (κ2) is 12.2. The minimum atomic E-state index is -4.61. The maximum absolute atomic E-state index is 13.7. The smallest absolute Gasteiger partial charge is 0.369 e. The van der Waals surface area contributed by atoms with Crippen molar-refractivity contribution in [1.82, 2.24) is 19.8 Å². The number of carbonyl (C=O) groups excluding carboxylic acids is 2. The first kappa shape index (κ1) is 27.2. The summed E-state index contributed by atoms with van der Waals surface area (Å²) in [5, 5.41) is 3.00. The van der Waals surface area contributed by atoms with Crippen LogP contribution < -0.4 is 11.1 Å². The highest BCUT2D eigenvalue weighted by Crippen LogP contribution is 2.33. The molecule has 1 amide bonds. The molecular weight excluding hydrogens is 496 g/mol. The van der Waals surface area contributed by atoms with Crippen molar-refractivity contribution >= 4 is 31.1 Å². The van der Waals surface area contributed by atoms with E-state index >= 15 is 0 Å². The predicted molar refractivity (Wildman–Crippen MR) is 139 cm³/mol. The van der Waals surface area contributed by atoms with Gasteiger partial charge in [0.15, 0.2) is 0 Å². The Morgan fingerprint density at radius 2 is 1.82 bits per heavy atom. The second-order valence-corrected chi connectivity index (χ2v) is 9.29. The first-order chi connectivity index (χ1) is 18.2. The first-order valence-electron chi connectivity index (χ1n) is 12.4. The lowest BCUT2D eigenvalue weighted by Gasteiger charge is -2.30. The number of aromatic nitrogens is 3. The molecule has 12 heteroatoms. The summed E-state index contributed by atoms with van der Waals surface area (Å²) in [6.07, 6.45) is 0.614. The van der Waals surface area contributed by atoms with E-state index < -0.39 is 17.6 Å². The van der Waals surface area contributed by atoms with Crippen molar-refractivity contribution in [3.8, 4) is 0 Å². The number of hydrogen-bond acceptors (Lipinski definition) is 7. The van der Waals surface area contributed by atoms with Crippen molar-refractivity contribution in [2.75, 3.05) is 18.4 Å². The fourth-order valence-electron chi connectivity index (χ4n) is 4.71. The van der Waals surface area contributed by atoms with Crippen LogP contribution >= 0.6 is 0 Å². The van der Waals surface area contributed by atoms with E-state index in [0.29, 0.717) is 30.3 Å². The number of benzene rings is 1. The summed E-state index contributed by atoms with van der Waals surface area (Å²) in [4.78, 5) is 36.5. The highest BCUT2D eigenvalue weighted by atomic mass is 19.4. The zero-order chi connectivity index (χ0) is 27.1. The molecule has 38 heavy (non-hydrogen) atoms. The third-order valence-corrected chi connectivity index (χ3v) is 6.68. The van der Waals surface area contributed by atoms with Crippen LogP contribution in [0.4, 0.5) is 24.8 Å². The Labute approximate surface area is 219 Å². The summed E-state index contributed by atoms with van der Waals surface area (Å²) in [5.41, 5.74) is 7.13. The molecule has 4 rings (SSSR count). The molecule has 0 radical (unpaired) electrons. The number of nitrogens with zero attached hydrogens (tertiary/aromatic N) is 4. The number of amides is 1. The average Bonchev–Trinajstić information content (AvgIpc) is 2.88. The fourth-order valence-corrected chi connectivity index (χ4v) is 4.71. The molecular formula is C26H28BF3N6O2. The van der Waals surface area contributed by atoms with Crippen molar-refractivity contribution < 1.29 is 22.8 Å². The monoisotopic (exact) mass is 524 g/mol. The van der Waals surface area contributed by atoms with Crippen molar-refractivity contribution in [1.29, 1.82) is 0 Å². The number of primary amides is 1. The van der Waals surface area contributed by atoms with Gasteiger partial charge in [-0.3, -0.25) is 9.78 Å². The van der Waals surface area contributed by atoms with Crippen LogP contribution in [0.1, 0.15) is 46.8 Å². The van der Waals surface area contributed by atoms with Gasteiger partial charge in [-0.05, 0) is 74.0 Å². The van der Waals surface area contributed by atoms with E-state index in [-0.39, 0.29) is 30.9 Å². The lowest BCUT2D eigenvalue weighted by atomic mass is 9.84. The second-order valence-electron chi connectivity index (χ2n) is 9.29. The number of nitrogens with one attached hydrogen (secondary N) is 1. The van der Waals surface area contributed by atoms with Crippen molar-refractivity contribution in [2.24, 2.45) is 5.73 Å². The minimum absolute atomic E-state index is 0.0419. The van der Waals surface area contributed by atoms with Crippen LogP contribution in [0.2, 0.25) is 0 Å². The van der Waals surface area contributed by atoms with Crippen LogP contribution in [0.5, 0.6) is 0 Å². The van der Waals surface area contributed by atoms with Crippen molar-refractivity contribution in [2.45, 2.75) is 44.2 Å². The van der Waals surface area contributed by atoms with Gasteiger partial charge >= 0.3 is 6.18 Å². The number of carbonyl (C=O) groups is 2. The highest BCUT2D eigenvalue weighted by Gasteiger charge is 2.35. The number of alkyl halides is 3. The largest absolute Gasteiger partial charge is 0.419 e. The number of nitrogens with two attached hydrogens (primary N) is 1. The number of aryl methyl sites for hydroxylation is 2. The molecule has 0 bridgehead atoms. The van der Waals surface area contributed by atoms with E-state index in [9.17, 15) is 22.8 Å². The lowest BCUT2D eigenvalue weighted by Crippen LogP contribution is -2.36. The summed E-state index contributed by atoms with van der Waals surface area (Å²) in [5.74, 6) is -0.0913. The molecule has 198 valence electrons. The van der Waals surface area contributed by atoms with Crippen LogP contribution in [0.3, 0.4) is 0 Å². The van der Waals surface area contributed by atoms with Crippen LogP contribution in [0.15, 0.2) is 48.8 Å². The van der Waals surface area contributed by atoms with E-state index in [1.807, 2.05) is 24.3 Å². The molecule has 0 atom stereocenters. The number of halogens is 3. The Morgan fingerprint density at radius 1 is 1.11 bits per heavy atom. The predicted octanol–water partition coefficient (Wildman–Crippen LogP) is 3.17. The van der Waals surface area contributed by atoms with Gasteiger partial charge in [0.1, 0.15) is 0 Å². The lowest BCUT2D eigenvalue weighted by molar-refractivity contribution is -0.138. The van der Waals surface area contributed by atoms with Gasteiger partial charge in [0.25, 0.3) is 7.41 Å². The number of pyridine rings is 1. The first-order valence-corrected chi connectivity index (χ1v) is 12.4. The molecule has 1 fully saturated rings. The van der Waals surface area contributed by atoms with Crippen molar-refractivity contribution in [3.63, 3.8) is 0 Å². The summed E-state index contributed by atoms with van der Waals surface area (Å²) in [6, 6.07) is 11.0. The molecule has 0 aliphatic carbocycles. The van der Waals surface area contributed by atoms with Gasteiger partial charge in [-0.15, -0.1) is 0 Å². The molecule has 0 saturated carbocycles. The fraction of sp³-hybridized carbons (Fsp3) is 0.346. The Morgan fingerprint density at radius 3 is 2.47 bits per heavy atom. The third kappa shape index (κ3) is 7.15. The molecule has 1 saturated heterocycles. The zero-order valence-electron chi connectivity index (χ0n) is 20.7. The molecule has 8 nitrogen and oxygen atoms in total. The Kier molecular flexibility index (Phi) is 8.72. The molecule has 0 spiro atoms. The number of anilines is 2. The summed E-state index contributed by atoms with van der Waals surface area (Å²) in [6.45, 7) is 1.74. The van der Waals surface area contributed by atoms with Gasteiger partial charge in [-0.25, -0.2) is 9.97 Å². The van der Waals surface area contributed by atoms with Crippen LogP contribution in [0, 0.1) is 0 Å². The average molecular weight is 524 g/mol. The molecule has 3 N–H and O–H groups in total. The molecule has 0 unspecified atom stereocenters. The van der Waals surface area contributed by atoms with Gasteiger partial charge < -0.3 is 20.7 Å². The van der Waals surface area contributed by atoms with Gasteiger partial charge in [0, 0.05) is 23.8 Å². The Bertz CT molecular complexity index is 1260. The number of rotatable bonds is 10. The van der Waals surface area contributed by atoms with E-state index in [1.54, 1.807) is 12.1 Å².